The Hall–Kier alpha value is -4.11. The normalized spacial score (nSPS) is 11.6. The van der Waals surface area contributed by atoms with Crippen molar-refractivity contribution >= 4 is 44.9 Å². The third-order valence-electron chi connectivity index (χ3n) is 7.01. The number of H-pyrrole nitrogens is 1. The van der Waals surface area contributed by atoms with Gasteiger partial charge in [-0.2, -0.15) is 4.98 Å². The highest BCUT2D eigenvalue weighted by Crippen LogP contribution is 2.35. The lowest BCUT2D eigenvalue weighted by molar-refractivity contribution is 0.360. The predicted molar refractivity (Wildman–Crippen MR) is 156 cm³/mol. The van der Waals surface area contributed by atoms with Gasteiger partial charge in [-0.3, -0.25) is 0 Å². The number of likely N-dealkylation sites (N-methyl/N-ethyl adjacent to an activating group) is 2. The van der Waals surface area contributed by atoms with Crippen molar-refractivity contribution in [3.8, 4) is 11.3 Å². The van der Waals surface area contributed by atoms with Crippen molar-refractivity contribution in [1.29, 1.82) is 0 Å². The molecule has 3 N–H and O–H groups in total. The molecule has 9 heteroatoms. The summed E-state index contributed by atoms with van der Waals surface area (Å²) >= 11 is 0. The number of nitrogens with zero attached hydrogens (tertiary/aromatic N) is 5. The fourth-order valence-corrected chi connectivity index (χ4v) is 4.76. The van der Waals surface area contributed by atoms with E-state index in [0.717, 1.165) is 76.4 Å². The number of benzene rings is 2. The Kier molecular flexibility index (Phi) is 7.20. The van der Waals surface area contributed by atoms with Crippen molar-refractivity contribution in [3.63, 3.8) is 0 Å². The lowest BCUT2D eigenvalue weighted by Gasteiger charge is -2.25. The van der Waals surface area contributed by atoms with E-state index in [1.807, 2.05) is 36.1 Å². The van der Waals surface area contributed by atoms with E-state index in [0.29, 0.717) is 5.95 Å². The molecule has 5 aromatic rings. The summed E-state index contributed by atoms with van der Waals surface area (Å²) in [5, 5.41) is 8.76. The van der Waals surface area contributed by atoms with Gasteiger partial charge in [0.05, 0.1) is 22.6 Å². The Morgan fingerprint density at radius 1 is 1.00 bits per heavy atom. The van der Waals surface area contributed by atoms with E-state index in [1.54, 1.807) is 6.07 Å². The van der Waals surface area contributed by atoms with Gasteiger partial charge in [-0.05, 0) is 63.0 Å². The molecule has 0 aliphatic rings. The molecule has 8 nitrogen and oxygen atoms in total. The van der Waals surface area contributed by atoms with Crippen molar-refractivity contribution in [3.05, 3.63) is 60.7 Å². The zero-order chi connectivity index (χ0) is 26.8. The summed E-state index contributed by atoms with van der Waals surface area (Å²) in [5.41, 5.74) is 6.36. The molecule has 0 saturated carbocycles. The van der Waals surface area contributed by atoms with Crippen molar-refractivity contribution in [2.24, 2.45) is 7.05 Å². The topological polar surface area (TPSA) is 77.0 Å². The average Bonchev–Trinajstić information content (AvgIpc) is 3.51. The Balaban J connectivity index is 1.49. The van der Waals surface area contributed by atoms with Gasteiger partial charge in [0.15, 0.2) is 0 Å². The Bertz CT molecular complexity index is 1570. The average molecular weight is 515 g/mol. The van der Waals surface area contributed by atoms with Gasteiger partial charge in [-0.15, -0.1) is 0 Å². The summed E-state index contributed by atoms with van der Waals surface area (Å²) < 4.78 is 15.9. The highest BCUT2D eigenvalue weighted by molar-refractivity contribution is 6.02. The van der Waals surface area contributed by atoms with Crippen molar-refractivity contribution < 1.29 is 4.39 Å². The number of fused-ring (bicyclic) bond motifs is 2. The number of anilines is 4. The zero-order valence-electron chi connectivity index (χ0n) is 22.6. The lowest BCUT2D eigenvalue weighted by Crippen LogP contribution is -2.31. The van der Waals surface area contributed by atoms with E-state index in [9.17, 15) is 4.39 Å². The highest BCUT2D eigenvalue weighted by Gasteiger charge is 2.17. The van der Waals surface area contributed by atoms with Crippen LogP contribution in [0.3, 0.4) is 0 Å². The minimum absolute atomic E-state index is 0.259. The molecule has 0 saturated heterocycles. The van der Waals surface area contributed by atoms with E-state index in [-0.39, 0.29) is 5.82 Å². The number of hydrogen-bond donors (Lipinski definition) is 3. The van der Waals surface area contributed by atoms with E-state index >= 15 is 0 Å². The number of halogens is 1. The Morgan fingerprint density at radius 3 is 2.63 bits per heavy atom. The second-order valence-corrected chi connectivity index (χ2v) is 9.66. The van der Waals surface area contributed by atoms with Crippen LogP contribution in [0, 0.1) is 5.82 Å². The Morgan fingerprint density at radius 2 is 1.84 bits per heavy atom. The summed E-state index contributed by atoms with van der Waals surface area (Å²) in [6.45, 7) is 8.03. The molecule has 0 unspecified atom stereocenters. The SMILES string of the molecule is CCNc1cc(Nc2nc(-c3cn(C)c4cc(F)ccc34)c3cc[nH]c3n2)ccc1N(C)CCN(C)CC. The maximum Gasteiger partial charge on any atom is 0.229 e. The van der Waals surface area contributed by atoms with E-state index in [4.69, 9.17) is 9.97 Å². The lowest BCUT2D eigenvalue weighted by atomic mass is 10.1. The monoisotopic (exact) mass is 514 g/mol. The third-order valence-corrected chi connectivity index (χ3v) is 7.01. The first-order valence-corrected chi connectivity index (χ1v) is 13.0. The molecule has 0 fully saturated rings. The summed E-state index contributed by atoms with van der Waals surface area (Å²) in [5.74, 6) is 0.229. The maximum absolute atomic E-state index is 13.9. The first-order chi connectivity index (χ1) is 18.4. The molecule has 0 amide bonds. The molecule has 2 aromatic carbocycles. The van der Waals surface area contributed by atoms with E-state index in [2.05, 4.69) is 71.6 Å². The van der Waals surface area contributed by atoms with Crippen LogP contribution in [0.4, 0.5) is 27.4 Å². The van der Waals surface area contributed by atoms with Crippen LogP contribution in [0.25, 0.3) is 33.2 Å². The van der Waals surface area contributed by atoms with Gasteiger partial charge in [0.2, 0.25) is 5.95 Å². The van der Waals surface area contributed by atoms with Crippen molar-refractivity contribution in [2.45, 2.75) is 13.8 Å². The fraction of sp³-hybridized carbons (Fsp3) is 0.310. The number of nitrogens with one attached hydrogen (secondary N) is 3. The second kappa shape index (κ2) is 10.7. The first-order valence-electron chi connectivity index (χ1n) is 13.0. The Labute approximate surface area is 222 Å². The standard InChI is InChI=1S/C29H35FN8/c1-6-31-24-17-20(9-11-25(24)37(4)15-14-36(3)7-2)33-29-34-27(22-12-13-32-28(22)35-29)23-18-38(5)26-16-19(30)8-10-21(23)26/h8-13,16-18,31H,6-7,14-15H2,1-5H3,(H2,32,33,34,35). The molecule has 5 rings (SSSR count). The van der Waals surface area contributed by atoms with Gasteiger partial charge in [0.1, 0.15) is 11.5 Å². The molecule has 0 aliphatic carbocycles. The van der Waals surface area contributed by atoms with Gasteiger partial charge in [0.25, 0.3) is 0 Å². The van der Waals surface area contributed by atoms with Crippen LogP contribution in [0.15, 0.2) is 54.9 Å². The molecule has 38 heavy (non-hydrogen) atoms. The molecule has 0 radical (unpaired) electrons. The molecule has 0 atom stereocenters. The number of rotatable bonds is 10. The number of aromatic amines is 1. The smallest absolute Gasteiger partial charge is 0.229 e. The molecule has 0 bridgehead atoms. The van der Waals surface area contributed by atoms with E-state index in [1.165, 1.54) is 6.07 Å². The quantitative estimate of drug-likeness (QED) is 0.218. The summed E-state index contributed by atoms with van der Waals surface area (Å²) in [7, 11) is 6.18. The molecule has 3 heterocycles. The zero-order valence-corrected chi connectivity index (χ0v) is 22.6. The number of aromatic nitrogens is 4. The van der Waals surface area contributed by atoms with Crippen LogP contribution in [0.1, 0.15) is 13.8 Å². The summed E-state index contributed by atoms with van der Waals surface area (Å²) in [6, 6.07) is 13.1. The van der Waals surface area contributed by atoms with Gasteiger partial charge in [-0.25, -0.2) is 9.37 Å². The molecule has 0 spiro atoms. The van der Waals surface area contributed by atoms with Crippen LogP contribution >= 0.6 is 0 Å². The number of aryl methyl sites for hydroxylation is 1. The van der Waals surface area contributed by atoms with Crippen LogP contribution in [0.5, 0.6) is 0 Å². The molecule has 3 aromatic heterocycles. The van der Waals surface area contributed by atoms with Crippen LogP contribution in [-0.2, 0) is 7.05 Å². The summed E-state index contributed by atoms with van der Waals surface area (Å²) in [4.78, 5) is 17.5. The van der Waals surface area contributed by atoms with Gasteiger partial charge in [0, 0.05) is 68.1 Å². The minimum atomic E-state index is -0.259. The largest absolute Gasteiger partial charge is 0.384 e. The predicted octanol–water partition coefficient (Wildman–Crippen LogP) is 5.82. The van der Waals surface area contributed by atoms with Crippen LogP contribution in [0.2, 0.25) is 0 Å². The van der Waals surface area contributed by atoms with Gasteiger partial charge in [-0.1, -0.05) is 6.92 Å². The molecule has 0 aliphatic heterocycles. The van der Waals surface area contributed by atoms with Gasteiger partial charge < -0.3 is 30.0 Å². The van der Waals surface area contributed by atoms with Crippen molar-refractivity contribution in [1.82, 2.24) is 24.4 Å². The highest BCUT2D eigenvalue weighted by atomic mass is 19.1. The first kappa shape index (κ1) is 25.5. The minimum Gasteiger partial charge on any atom is -0.384 e. The number of hydrogen-bond acceptors (Lipinski definition) is 6. The van der Waals surface area contributed by atoms with Crippen LogP contribution < -0.4 is 15.5 Å². The van der Waals surface area contributed by atoms with Crippen LogP contribution in [-0.4, -0.2) is 64.7 Å². The summed E-state index contributed by atoms with van der Waals surface area (Å²) in [6.07, 6.45) is 3.85. The fourth-order valence-electron chi connectivity index (χ4n) is 4.76. The molecular weight excluding hydrogens is 479 g/mol. The second-order valence-electron chi connectivity index (χ2n) is 9.66. The third kappa shape index (κ3) is 5.02. The van der Waals surface area contributed by atoms with E-state index < -0.39 is 0 Å². The maximum atomic E-state index is 13.9. The van der Waals surface area contributed by atoms with Crippen molar-refractivity contribution in [2.75, 3.05) is 55.8 Å². The molecule has 198 valence electrons. The van der Waals surface area contributed by atoms with Gasteiger partial charge >= 0.3 is 0 Å². The molecular formula is C29H35FN8.